The van der Waals surface area contributed by atoms with Gasteiger partial charge in [-0.1, -0.05) is 41.7 Å². The average molecular weight is 555 g/mol. The summed E-state index contributed by atoms with van der Waals surface area (Å²) >= 11 is 7.45. The first-order chi connectivity index (χ1) is 19.1. The quantitative estimate of drug-likeness (QED) is 0.245. The number of carbonyl (C=O) groups is 1. The fraction of sp³-hybridized carbons (Fsp3) is 0.172. The van der Waals surface area contributed by atoms with E-state index in [0.717, 1.165) is 26.7 Å². The van der Waals surface area contributed by atoms with Crippen LogP contribution >= 0.6 is 23.6 Å². The Morgan fingerprint density at radius 1 is 1.08 bits per heavy atom. The molecule has 2 N–H and O–H groups in total. The van der Waals surface area contributed by atoms with Crippen molar-refractivity contribution in [2.24, 2.45) is 0 Å². The van der Waals surface area contributed by atoms with Gasteiger partial charge in [-0.25, -0.2) is 4.98 Å². The summed E-state index contributed by atoms with van der Waals surface area (Å²) in [7, 11) is 1.59. The summed E-state index contributed by atoms with van der Waals surface area (Å²) in [4.78, 5) is 24.6. The third kappa shape index (κ3) is 4.96. The van der Waals surface area contributed by atoms with Gasteiger partial charge in [0.1, 0.15) is 5.75 Å². The molecule has 4 heterocycles. The van der Waals surface area contributed by atoms with Crippen molar-refractivity contribution < 1.29 is 9.53 Å². The predicted octanol–water partition coefficient (Wildman–Crippen LogP) is 5.49. The van der Waals surface area contributed by atoms with Crippen molar-refractivity contribution in [2.45, 2.75) is 18.5 Å². The molecule has 2 unspecified atom stereocenters. The smallest absolute Gasteiger partial charge is 0.226 e. The molecule has 2 atom stereocenters. The molecule has 0 spiro atoms. The van der Waals surface area contributed by atoms with Gasteiger partial charge in [0.05, 0.1) is 46.5 Å². The topological polar surface area (TPSA) is 84.3 Å². The molecule has 0 radical (unpaired) electrons. The number of methoxy groups -OCH3 is 1. The molecular weight excluding hydrogens is 528 g/mol. The molecule has 0 saturated carbocycles. The summed E-state index contributed by atoms with van der Waals surface area (Å²) < 4.78 is 8.61. The van der Waals surface area contributed by atoms with E-state index in [2.05, 4.69) is 37.2 Å². The van der Waals surface area contributed by atoms with Crippen LogP contribution < -0.4 is 15.4 Å². The zero-order valence-electron chi connectivity index (χ0n) is 21.2. The highest BCUT2D eigenvalue weighted by Gasteiger charge is 2.41. The van der Waals surface area contributed by atoms with Gasteiger partial charge in [0, 0.05) is 25.4 Å². The van der Waals surface area contributed by atoms with Gasteiger partial charge in [0.2, 0.25) is 5.91 Å². The SMILES string of the molecule is COc1ccccc1NC(=O)CCN1C(=S)NC(c2ccccn2)C1c1cccn1-c1nc2ccccc2s1. The molecule has 1 aliphatic heterocycles. The molecule has 8 nitrogen and oxygen atoms in total. The third-order valence-electron chi connectivity index (χ3n) is 6.73. The van der Waals surface area contributed by atoms with Gasteiger partial charge in [-0.05, 0) is 60.7 Å². The van der Waals surface area contributed by atoms with Gasteiger partial charge in [-0.15, -0.1) is 0 Å². The monoisotopic (exact) mass is 554 g/mol. The number of nitrogens with one attached hydrogen (secondary N) is 2. The van der Waals surface area contributed by atoms with Crippen molar-refractivity contribution in [1.82, 2.24) is 24.8 Å². The number of anilines is 1. The number of thiazole rings is 1. The van der Waals surface area contributed by atoms with Gasteiger partial charge in [0.15, 0.2) is 10.2 Å². The summed E-state index contributed by atoms with van der Waals surface area (Å²) in [6.07, 6.45) is 4.05. The number of benzene rings is 2. The van der Waals surface area contributed by atoms with Crippen molar-refractivity contribution in [1.29, 1.82) is 0 Å². The van der Waals surface area contributed by atoms with Crippen molar-refractivity contribution >= 4 is 50.5 Å². The molecule has 5 aromatic rings. The molecule has 196 valence electrons. The first-order valence-electron chi connectivity index (χ1n) is 12.6. The number of para-hydroxylation sites is 3. The van der Waals surface area contributed by atoms with E-state index in [1.807, 2.05) is 72.9 Å². The predicted molar refractivity (Wildman–Crippen MR) is 157 cm³/mol. The molecule has 3 aromatic heterocycles. The van der Waals surface area contributed by atoms with Gasteiger partial charge in [-0.2, -0.15) is 0 Å². The Morgan fingerprint density at radius 3 is 2.72 bits per heavy atom. The van der Waals surface area contributed by atoms with Crippen molar-refractivity contribution in [2.75, 3.05) is 19.0 Å². The van der Waals surface area contributed by atoms with Crippen LogP contribution in [0.25, 0.3) is 15.3 Å². The second-order valence-corrected chi connectivity index (χ2v) is 10.5. The lowest BCUT2D eigenvalue weighted by atomic mass is 10.0. The Hall–Kier alpha value is -4.28. The van der Waals surface area contributed by atoms with Crippen LogP contribution in [0.15, 0.2) is 91.3 Å². The summed E-state index contributed by atoms with van der Waals surface area (Å²) in [5, 5.41) is 7.89. The number of nitrogens with zero attached hydrogens (tertiary/aromatic N) is 4. The zero-order valence-corrected chi connectivity index (χ0v) is 22.8. The van der Waals surface area contributed by atoms with Crippen LogP contribution in [0.4, 0.5) is 5.69 Å². The van der Waals surface area contributed by atoms with Crippen LogP contribution in [0, 0.1) is 0 Å². The largest absolute Gasteiger partial charge is 0.495 e. The molecule has 0 aliphatic carbocycles. The fourth-order valence-electron chi connectivity index (χ4n) is 4.92. The second kappa shape index (κ2) is 10.8. The Kier molecular flexibility index (Phi) is 6.95. The number of thiocarbonyl (C=S) groups is 1. The van der Waals surface area contributed by atoms with E-state index < -0.39 is 0 Å². The lowest BCUT2D eigenvalue weighted by molar-refractivity contribution is -0.116. The minimum atomic E-state index is -0.200. The minimum Gasteiger partial charge on any atom is -0.495 e. The van der Waals surface area contributed by atoms with Crippen molar-refractivity contribution in [3.63, 3.8) is 0 Å². The van der Waals surface area contributed by atoms with Crippen molar-refractivity contribution in [3.8, 4) is 10.9 Å². The minimum absolute atomic E-state index is 0.121. The highest BCUT2D eigenvalue weighted by atomic mass is 32.1. The molecule has 6 rings (SSSR count). The van der Waals surface area contributed by atoms with E-state index in [4.69, 9.17) is 21.9 Å². The van der Waals surface area contributed by atoms with Gasteiger partial charge < -0.3 is 20.3 Å². The van der Waals surface area contributed by atoms with Gasteiger partial charge in [-0.3, -0.25) is 14.3 Å². The van der Waals surface area contributed by atoms with Crippen LogP contribution in [-0.2, 0) is 4.79 Å². The van der Waals surface area contributed by atoms with Crippen LogP contribution in [0.2, 0.25) is 0 Å². The summed E-state index contributed by atoms with van der Waals surface area (Å²) in [5.74, 6) is 0.495. The summed E-state index contributed by atoms with van der Waals surface area (Å²) in [6.45, 7) is 0.422. The van der Waals surface area contributed by atoms with Crippen molar-refractivity contribution in [3.05, 3.63) is 103 Å². The van der Waals surface area contributed by atoms with E-state index in [1.165, 1.54) is 0 Å². The molecule has 0 bridgehead atoms. The average Bonchev–Trinajstić information content (AvgIpc) is 3.69. The highest BCUT2D eigenvalue weighted by Crippen LogP contribution is 2.40. The Balaban J connectivity index is 1.31. The lowest BCUT2D eigenvalue weighted by Crippen LogP contribution is -2.33. The first kappa shape index (κ1) is 25.0. The van der Waals surface area contributed by atoms with E-state index in [9.17, 15) is 4.79 Å². The summed E-state index contributed by atoms with van der Waals surface area (Å²) in [6, 6.07) is 25.1. The lowest BCUT2D eigenvalue weighted by Gasteiger charge is -2.28. The molecule has 1 fully saturated rings. The molecular formula is C29H26N6O2S2. The number of ether oxygens (including phenoxy) is 1. The maximum Gasteiger partial charge on any atom is 0.226 e. The molecule has 39 heavy (non-hydrogen) atoms. The number of hydrogen-bond donors (Lipinski definition) is 2. The zero-order chi connectivity index (χ0) is 26.8. The van der Waals surface area contributed by atoms with E-state index in [1.54, 1.807) is 24.6 Å². The van der Waals surface area contributed by atoms with E-state index in [0.29, 0.717) is 23.1 Å². The maximum absolute atomic E-state index is 13.0. The first-order valence-corrected chi connectivity index (χ1v) is 13.8. The second-order valence-electron chi connectivity index (χ2n) is 9.09. The summed E-state index contributed by atoms with van der Waals surface area (Å²) in [5.41, 5.74) is 3.49. The molecule has 1 aliphatic rings. The molecule has 1 amide bonds. The Morgan fingerprint density at radius 2 is 1.90 bits per heavy atom. The third-order valence-corrected chi connectivity index (χ3v) is 8.12. The Labute approximate surface area is 235 Å². The molecule has 2 aromatic carbocycles. The number of rotatable bonds is 8. The number of fused-ring (bicyclic) bond motifs is 1. The van der Waals surface area contributed by atoms with Gasteiger partial charge in [0.25, 0.3) is 0 Å². The molecule has 1 saturated heterocycles. The number of pyridine rings is 1. The van der Waals surface area contributed by atoms with E-state index >= 15 is 0 Å². The molecule has 10 heteroatoms. The van der Waals surface area contributed by atoms with Crippen LogP contribution in [-0.4, -0.2) is 44.1 Å². The standard InChI is InChI=1S/C29H26N6O2S2/c1-37-23-13-4-2-9-19(23)31-25(36)15-18-35-27(26(33-28(35)38)21-11-6-7-16-30-21)22-12-8-17-34(22)29-32-20-10-3-5-14-24(20)39-29/h2-14,16-17,26-27H,15,18H2,1H3,(H,31,36)(H,33,38). The van der Waals surface area contributed by atoms with Crippen LogP contribution in [0.1, 0.15) is 29.9 Å². The van der Waals surface area contributed by atoms with Crippen LogP contribution in [0.3, 0.4) is 0 Å². The van der Waals surface area contributed by atoms with Crippen LogP contribution in [0.5, 0.6) is 5.75 Å². The highest BCUT2D eigenvalue weighted by molar-refractivity contribution is 7.80. The number of amides is 1. The number of aromatic nitrogens is 3. The maximum atomic E-state index is 13.0. The number of hydrogen-bond acceptors (Lipinski definition) is 6. The normalized spacial score (nSPS) is 16.8. The Bertz CT molecular complexity index is 1600. The van der Waals surface area contributed by atoms with E-state index in [-0.39, 0.29) is 24.4 Å². The number of carbonyl (C=O) groups excluding carboxylic acids is 1. The van der Waals surface area contributed by atoms with Gasteiger partial charge >= 0.3 is 0 Å². The fourth-order valence-corrected chi connectivity index (χ4v) is 6.22.